The van der Waals surface area contributed by atoms with Gasteiger partial charge in [-0.1, -0.05) is 0 Å². The van der Waals surface area contributed by atoms with Crippen LogP contribution in [-0.2, 0) is 0 Å². The fraction of sp³-hybridized carbons (Fsp3) is 0.417. The average molecular weight is 279 g/mol. The lowest BCUT2D eigenvalue weighted by Gasteiger charge is -2.15. The van der Waals surface area contributed by atoms with Gasteiger partial charge in [-0.05, 0) is 26.3 Å². The van der Waals surface area contributed by atoms with Crippen molar-refractivity contribution in [2.45, 2.75) is 32.4 Å². The normalized spacial score (nSPS) is 14.1. The van der Waals surface area contributed by atoms with Crippen molar-refractivity contribution in [3.8, 4) is 0 Å². The molecule has 2 atom stereocenters. The second-order valence-electron chi connectivity index (χ2n) is 4.31. The molecule has 1 amide bonds. The van der Waals surface area contributed by atoms with Crippen molar-refractivity contribution in [3.63, 3.8) is 0 Å². The van der Waals surface area contributed by atoms with Crippen molar-refractivity contribution < 1.29 is 27.5 Å². The summed E-state index contributed by atoms with van der Waals surface area (Å²) in [6.45, 7) is 3.01. The third kappa shape index (κ3) is 3.66. The Morgan fingerprint density at radius 2 is 1.79 bits per heavy atom. The molecule has 0 spiro atoms. The number of halogens is 4. The number of carbonyl (C=O) groups is 1. The number of carbonyl (C=O) groups excluding carboxylic acids is 1. The van der Waals surface area contributed by atoms with E-state index in [1.54, 1.807) is 0 Å². The number of aliphatic hydroxyl groups excluding tert-OH is 1. The van der Waals surface area contributed by atoms with Gasteiger partial charge in [0.2, 0.25) is 0 Å². The molecule has 0 heterocycles. The lowest BCUT2D eigenvalue weighted by molar-refractivity contribution is 0.0917. The van der Waals surface area contributed by atoms with E-state index in [2.05, 4.69) is 5.32 Å². The summed E-state index contributed by atoms with van der Waals surface area (Å²) >= 11 is 0. The highest BCUT2D eigenvalue weighted by molar-refractivity contribution is 5.94. The van der Waals surface area contributed by atoms with E-state index in [0.717, 1.165) is 0 Å². The Kier molecular flexibility index (Phi) is 4.88. The standard InChI is InChI=1S/C12H13F4NO2/c1-5(3-6(2)18)17-12(19)7-4-8(13)10(15)11(16)9(7)14/h4-6,18H,3H2,1-2H3,(H,17,19). The third-order valence-corrected chi connectivity index (χ3v) is 2.42. The molecule has 0 fully saturated rings. The quantitative estimate of drug-likeness (QED) is 0.504. The smallest absolute Gasteiger partial charge is 0.254 e. The molecule has 0 saturated heterocycles. The molecule has 2 N–H and O–H groups in total. The highest BCUT2D eigenvalue weighted by Gasteiger charge is 2.23. The maximum atomic E-state index is 13.3. The van der Waals surface area contributed by atoms with E-state index in [1.807, 2.05) is 0 Å². The summed E-state index contributed by atoms with van der Waals surface area (Å²) in [6, 6.07) is -0.249. The lowest BCUT2D eigenvalue weighted by atomic mass is 10.1. The number of aliphatic hydroxyl groups is 1. The van der Waals surface area contributed by atoms with Gasteiger partial charge >= 0.3 is 0 Å². The molecule has 2 unspecified atom stereocenters. The number of amides is 1. The highest BCUT2D eigenvalue weighted by atomic mass is 19.2. The summed E-state index contributed by atoms with van der Waals surface area (Å²) < 4.78 is 51.9. The van der Waals surface area contributed by atoms with E-state index >= 15 is 0 Å². The van der Waals surface area contributed by atoms with Crippen LogP contribution in [0.2, 0.25) is 0 Å². The van der Waals surface area contributed by atoms with Crippen molar-refractivity contribution >= 4 is 5.91 Å². The Hall–Kier alpha value is -1.63. The van der Waals surface area contributed by atoms with E-state index in [-0.39, 0.29) is 12.5 Å². The topological polar surface area (TPSA) is 49.3 Å². The third-order valence-electron chi connectivity index (χ3n) is 2.42. The molecule has 1 aromatic rings. The fourth-order valence-corrected chi connectivity index (χ4v) is 1.61. The minimum Gasteiger partial charge on any atom is -0.393 e. The van der Waals surface area contributed by atoms with Crippen molar-refractivity contribution in [3.05, 3.63) is 34.9 Å². The second-order valence-corrected chi connectivity index (χ2v) is 4.31. The monoisotopic (exact) mass is 279 g/mol. The number of nitrogens with one attached hydrogen (secondary N) is 1. The maximum absolute atomic E-state index is 13.3. The lowest BCUT2D eigenvalue weighted by Crippen LogP contribution is -2.35. The molecule has 106 valence electrons. The fourth-order valence-electron chi connectivity index (χ4n) is 1.61. The molecule has 3 nitrogen and oxygen atoms in total. The molecule has 0 aliphatic rings. The Bertz CT molecular complexity index is 491. The molecule has 1 rings (SSSR count). The number of rotatable bonds is 4. The van der Waals surface area contributed by atoms with Gasteiger partial charge in [-0.25, -0.2) is 17.6 Å². The molecular formula is C12H13F4NO2. The van der Waals surface area contributed by atoms with Crippen molar-refractivity contribution in [2.75, 3.05) is 0 Å². The molecule has 0 aliphatic carbocycles. The molecular weight excluding hydrogens is 266 g/mol. The van der Waals surface area contributed by atoms with Gasteiger partial charge in [0.1, 0.15) is 0 Å². The molecule has 1 aromatic carbocycles. The summed E-state index contributed by atoms with van der Waals surface area (Å²) in [7, 11) is 0. The van der Waals surface area contributed by atoms with Gasteiger partial charge in [0.15, 0.2) is 23.3 Å². The van der Waals surface area contributed by atoms with Crippen LogP contribution in [0.4, 0.5) is 17.6 Å². The van der Waals surface area contributed by atoms with Gasteiger partial charge < -0.3 is 10.4 Å². The first-order valence-electron chi connectivity index (χ1n) is 5.56. The minimum absolute atomic E-state index is 0.180. The van der Waals surface area contributed by atoms with Gasteiger partial charge in [-0.15, -0.1) is 0 Å². The Labute approximate surface area is 107 Å². The Morgan fingerprint density at radius 1 is 1.21 bits per heavy atom. The van der Waals surface area contributed by atoms with Gasteiger partial charge in [-0.2, -0.15) is 0 Å². The summed E-state index contributed by atoms with van der Waals surface area (Å²) in [5, 5.41) is 11.3. The largest absolute Gasteiger partial charge is 0.393 e. The zero-order valence-corrected chi connectivity index (χ0v) is 10.3. The average Bonchev–Trinajstić information content (AvgIpc) is 2.29. The van der Waals surface area contributed by atoms with Crippen LogP contribution in [0.25, 0.3) is 0 Å². The SMILES string of the molecule is CC(O)CC(C)NC(=O)c1cc(F)c(F)c(F)c1F. The van der Waals surface area contributed by atoms with Crippen LogP contribution in [-0.4, -0.2) is 23.2 Å². The molecule has 0 aromatic heterocycles. The Balaban J connectivity index is 2.95. The van der Waals surface area contributed by atoms with Crippen LogP contribution in [0.5, 0.6) is 0 Å². The van der Waals surface area contributed by atoms with E-state index in [4.69, 9.17) is 5.11 Å². The van der Waals surface area contributed by atoms with Crippen LogP contribution < -0.4 is 5.32 Å². The first kappa shape index (κ1) is 15.4. The van der Waals surface area contributed by atoms with Gasteiger partial charge in [0.25, 0.3) is 5.91 Å². The molecule has 0 aliphatic heterocycles. The van der Waals surface area contributed by atoms with Crippen molar-refractivity contribution in [1.82, 2.24) is 5.32 Å². The van der Waals surface area contributed by atoms with E-state index in [9.17, 15) is 22.4 Å². The summed E-state index contributed by atoms with van der Waals surface area (Å²) in [4.78, 5) is 11.6. The number of benzene rings is 1. The summed E-state index contributed by atoms with van der Waals surface area (Å²) in [5.74, 6) is -8.48. The van der Waals surface area contributed by atoms with Gasteiger partial charge in [-0.3, -0.25) is 4.79 Å². The summed E-state index contributed by atoms with van der Waals surface area (Å²) in [6.07, 6.45) is -0.527. The predicted molar refractivity (Wildman–Crippen MR) is 59.5 cm³/mol. The Morgan fingerprint density at radius 3 is 2.32 bits per heavy atom. The molecule has 0 radical (unpaired) electrons. The van der Waals surface area contributed by atoms with Gasteiger partial charge in [0, 0.05) is 6.04 Å². The molecule has 0 saturated carbocycles. The van der Waals surface area contributed by atoms with Crippen LogP contribution in [0.15, 0.2) is 6.07 Å². The molecule has 7 heteroatoms. The van der Waals surface area contributed by atoms with Crippen molar-refractivity contribution in [2.24, 2.45) is 0 Å². The van der Waals surface area contributed by atoms with Crippen molar-refractivity contribution in [1.29, 1.82) is 0 Å². The first-order chi connectivity index (χ1) is 8.73. The van der Waals surface area contributed by atoms with Crippen LogP contribution in [0, 0.1) is 23.3 Å². The molecule has 0 bridgehead atoms. The van der Waals surface area contributed by atoms with E-state index in [0.29, 0.717) is 0 Å². The summed E-state index contributed by atoms with van der Waals surface area (Å²) in [5.41, 5.74) is -0.922. The van der Waals surface area contributed by atoms with Crippen LogP contribution >= 0.6 is 0 Å². The molecule has 19 heavy (non-hydrogen) atoms. The van der Waals surface area contributed by atoms with E-state index < -0.39 is 46.9 Å². The van der Waals surface area contributed by atoms with E-state index in [1.165, 1.54) is 13.8 Å². The van der Waals surface area contributed by atoms with Crippen LogP contribution in [0.3, 0.4) is 0 Å². The zero-order valence-electron chi connectivity index (χ0n) is 10.3. The minimum atomic E-state index is -2.03. The van der Waals surface area contributed by atoms with Gasteiger partial charge in [0.05, 0.1) is 11.7 Å². The second kappa shape index (κ2) is 6.01. The number of hydrogen-bond donors (Lipinski definition) is 2. The zero-order chi connectivity index (χ0) is 14.7. The predicted octanol–water partition coefficient (Wildman–Crippen LogP) is 2.13. The maximum Gasteiger partial charge on any atom is 0.254 e. The first-order valence-corrected chi connectivity index (χ1v) is 5.56. The van der Waals surface area contributed by atoms with Crippen LogP contribution in [0.1, 0.15) is 30.6 Å². The number of hydrogen-bond acceptors (Lipinski definition) is 2. The highest BCUT2D eigenvalue weighted by Crippen LogP contribution is 2.18.